The quantitative estimate of drug-likeness (QED) is 0.469. The van der Waals surface area contributed by atoms with Crippen LogP contribution in [0, 0.1) is 6.92 Å². The first-order chi connectivity index (χ1) is 16.4. The molecule has 1 amide bonds. The van der Waals surface area contributed by atoms with Crippen LogP contribution >= 0.6 is 0 Å². The SMILES string of the molecule is C/C(=N\Nc1cc(N2CCOCC2)c2ncn(C)c2n1)c1cccc(C)c1.CN1CCCC1=O.[HH]. The fourth-order valence-corrected chi connectivity index (χ4v) is 4.04. The van der Waals surface area contributed by atoms with E-state index in [2.05, 4.69) is 45.5 Å². The minimum atomic E-state index is 0. The van der Waals surface area contributed by atoms with Crippen molar-refractivity contribution in [3.63, 3.8) is 0 Å². The van der Waals surface area contributed by atoms with Gasteiger partial charge in [0.25, 0.3) is 0 Å². The number of hydrogen-bond donors (Lipinski definition) is 1. The smallest absolute Gasteiger partial charge is 0.222 e. The Morgan fingerprint density at radius 2 is 1.97 bits per heavy atom. The van der Waals surface area contributed by atoms with Crippen LogP contribution in [0.3, 0.4) is 0 Å². The predicted molar refractivity (Wildman–Crippen MR) is 138 cm³/mol. The maximum atomic E-state index is 10.5. The summed E-state index contributed by atoms with van der Waals surface area (Å²) < 4.78 is 7.42. The first kappa shape index (κ1) is 23.7. The van der Waals surface area contributed by atoms with Crippen molar-refractivity contribution in [1.29, 1.82) is 0 Å². The Hall–Kier alpha value is -3.46. The van der Waals surface area contributed by atoms with Crippen molar-refractivity contribution in [3.05, 3.63) is 47.8 Å². The lowest BCUT2D eigenvalue weighted by Gasteiger charge is -2.29. The summed E-state index contributed by atoms with van der Waals surface area (Å²) in [6.45, 7) is 8.18. The van der Waals surface area contributed by atoms with E-state index in [9.17, 15) is 4.79 Å². The molecule has 0 radical (unpaired) electrons. The summed E-state index contributed by atoms with van der Waals surface area (Å²) in [5.74, 6) is 1.000. The first-order valence-corrected chi connectivity index (χ1v) is 11.7. The van der Waals surface area contributed by atoms with Gasteiger partial charge in [0.1, 0.15) is 5.52 Å². The number of benzene rings is 1. The van der Waals surface area contributed by atoms with Gasteiger partial charge in [-0.1, -0.05) is 29.8 Å². The van der Waals surface area contributed by atoms with Gasteiger partial charge in [-0.3, -0.25) is 10.2 Å². The highest BCUT2D eigenvalue weighted by Gasteiger charge is 2.18. The van der Waals surface area contributed by atoms with Crippen LogP contribution < -0.4 is 10.3 Å². The van der Waals surface area contributed by atoms with Gasteiger partial charge >= 0.3 is 0 Å². The highest BCUT2D eigenvalue weighted by molar-refractivity contribution is 5.99. The number of fused-ring (bicyclic) bond motifs is 1. The molecular formula is C25H35N7O2. The summed E-state index contributed by atoms with van der Waals surface area (Å²) >= 11 is 0. The second-order valence-corrected chi connectivity index (χ2v) is 8.75. The number of likely N-dealkylation sites (tertiary alicyclic amines) is 1. The fraction of sp³-hybridized carbons (Fsp3) is 0.440. The van der Waals surface area contributed by atoms with Crippen LogP contribution in [0.25, 0.3) is 11.2 Å². The minimum absolute atomic E-state index is 0. The van der Waals surface area contributed by atoms with Crippen molar-refractivity contribution in [2.45, 2.75) is 26.7 Å². The van der Waals surface area contributed by atoms with Crippen LogP contribution in [0.15, 0.2) is 41.8 Å². The first-order valence-electron chi connectivity index (χ1n) is 11.7. The minimum Gasteiger partial charge on any atom is -0.378 e. The number of imidazole rings is 1. The number of carbonyl (C=O) groups is 1. The lowest BCUT2D eigenvalue weighted by Crippen LogP contribution is -2.36. The maximum absolute atomic E-state index is 10.5. The van der Waals surface area contributed by atoms with Crippen LogP contribution in [0.4, 0.5) is 11.5 Å². The third kappa shape index (κ3) is 5.53. The number of morpholine rings is 1. The van der Waals surface area contributed by atoms with E-state index in [1.807, 2.05) is 37.7 Å². The molecule has 2 aliphatic rings. The molecule has 9 heteroatoms. The molecule has 5 rings (SSSR count). The van der Waals surface area contributed by atoms with Crippen molar-refractivity contribution < 1.29 is 11.0 Å². The number of rotatable bonds is 4. The van der Waals surface area contributed by atoms with Crippen molar-refractivity contribution in [2.75, 3.05) is 50.2 Å². The van der Waals surface area contributed by atoms with E-state index in [-0.39, 0.29) is 1.43 Å². The molecule has 2 aliphatic heterocycles. The monoisotopic (exact) mass is 465 g/mol. The molecule has 0 aliphatic carbocycles. The van der Waals surface area contributed by atoms with Crippen LogP contribution in [0.1, 0.15) is 32.3 Å². The normalized spacial score (nSPS) is 16.6. The number of nitrogens with zero attached hydrogens (tertiary/aromatic N) is 6. The summed E-state index contributed by atoms with van der Waals surface area (Å²) in [6.07, 6.45) is 3.61. The van der Waals surface area contributed by atoms with E-state index in [1.54, 1.807) is 11.2 Å². The van der Waals surface area contributed by atoms with Gasteiger partial charge in [0.2, 0.25) is 5.91 Å². The maximum Gasteiger partial charge on any atom is 0.222 e. The molecule has 0 spiro atoms. The molecule has 0 unspecified atom stereocenters. The average molecular weight is 466 g/mol. The number of anilines is 2. The lowest BCUT2D eigenvalue weighted by molar-refractivity contribution is -0.126. The molecule has 0 atom stereocenters. The lowest BCUT2D eigenvalue weighted by atomic mass is 10.1. The Balaban J connectivity index is 0.000000370. The van der Waals surface area contributed by atoms with Crippen LogP contribution in [0.5, 0.6) is 0 Å². The van der Waals surface area contributed by atoms with Gasteiger partial charge in [-0.25, -0.2) is 9.97 Å². The molecule has 2 saturated heterocycles. The van der Waals surface area contributed by atoms with Gasteiger partial charge < -0.3 is 19.1 Å². The fourth-order valence-electron chi connectivity index (χ4n) is 4.04. The molecule has 4 heterocycles. The second-order valence-electron chi connectivity index (χ2n) is 8.75. The molecule has 0 bridgehead atoms. The Morgan fingerprint density at radius 1 is 1.18 bits per heavy atom. The molecule has 9 nitrogen and oxygen atoms in total. The summed E-state index contributed by atoms with van der Waals surface area (Å²) in [6, 6.07) is 10.3. The third-order valence-corrected chi connectivity index (χ3v) is 6.08. The average Bonchev–Trinajstić information content (AvgIpc) is 3.42. The number of aromatic nitrogens is 3. The number of nitrogens with one attached hydrogen (secondary N) is 1. The van der Waals surface area contributed by atoms with E-state index < -0.39 is 0 Å². The van der Waals surface area contributed by atoms with E-state index in [4.69, 9.17) is 9.72 Å². The molecular weight excluding hydrogens is 430 g/mol. The van der Waals surface area contributed by atoms with Crippen molar-refractivity contribution >= 4 is 34.3 Å². The Kier molecular flexibility index (Phi) is 7.42. The number of aryl methyl sites for hydroxylation is 2. The van der Waals surface area contributed by atoms with E-state index >= 15 is 0 Å². The number of ether oxygens (including phenoxy) is 1. The number of carbonyl (C=O) groups excluding carboxylic acids is 1. The molecule has 2 aromatic heterocycles. The molecule has 3 aromatic rings. The van der Waals surface area contributed by atoms with Gasteiger partial charge in [-0.05, 0) is 25.8 Å². The topological polar surface area (TPSA) is 87.9 Å². The van der Waals surface area contributed by atoms with Gasteiger partial charge in [0.05, 0.1) is 30.9 Å². The summed E-state index contributed by atoms with van der Waals surface area (Å²) in [5.41, 5.74) is 9.16. The Bertz CT molecular complexity index is 1190. The molecule has 182 valence electrons. The number of hydrazone groups is 1. The van der Waals surface area contributed by atoms with E-state index in [1.165, 1.54) is 5.56 Å². The predicted octanol–water partition coefficient (Wildman–Crippen LogP) is 3.43. The van der Waals surface area contributed by atoms with Crippen LogP contribution in [-0.4, -0.2) is 70.9 Å². The van der Waals surface area contributed by atoms with Crippen LogP contribution in [0.2, 0.25) is 0 Å². The van der Waals surface area contributed by atoms with Crippen LogP contribution in [-0.2, 0) is 16.6 Å². The second kappa shape index (κ2) is 10.6. The van der Waals surface area contributed by atoms with Gasteiger partial charge in [0, 0.05) is 47.6 Å². The highest BCUT2D eigenvalue weighted by atomic mass is 16.5. The van der Waals surface area contributed by atoms with Crippen molar-refractivity contribution in [1.82, 2.24) is 19.4 Å². The molecule has 0 saturated carbocycles. The third-order valence-electron chi connectivity index (χ3n) is 6.08. The van der Waals surface area contributed by atoms with E-state index in [0.717, 1.165) is 73.8 Å². The highest BCUT2D eigenvalue weighted by Crippen LogP contribution is 2.28. The summed E-state index contributed by atoms with van der Waals surface area (Å²) in [4.78, 5) is 23.8. The molecule has 34 heavy (non-hydrogen) atoms. The molecule has 2 fully saturated rings. The zero-order chi connectivity index (χ0) is 24.1. The van der Waals surface area contributed by atoms with E-state index in [0.29, 0.717) is 11.7 Å². The zero-order valence-electron chi connectivity index (χ0n) is 20.4. The summed E-state index contributed by atoms with van der Waals surface area (Å²) in [7, 11) is 3.80. The van der Waals surface area contributed by atoms with Crippen molar-refractivity contribution in [2.24, 2.45) is 12.1 Å². The summed E-state index contributed by atoms with van der Waals surface area (Å²) in [5, 5.41) is 4.54. The zero-order valence-corrected chi connectivity index (χ0v) is 20.4. The van der Waals surface area contributed by atoms with Gasteiger partial charge in [-0.2, -0.15) is 5.10 Å². The number of hydrogen-bond acceptors (Lipinski definition) is 7. The number of amides is 1. The van der Waals surface area contributed by atoms with Gasteiger partial charge in [-0.15, -0.1) is 0 Å². The number of pyridine rings is 1. The Labute approximate surface area is 201 Å². The Morgan fingerprint density at radius 3 is 2.62 bits per heavy atom. The largest absolute Gasteiger partial charge is 0.378 e. The molecule has 1 N–H and O–H groups in total. The van der Waals surface area contributed by atoms with Gasteiger partial charge in [0.15, 0.2) is 11.5 Å². The molecule has 1 aromatic carbocycles. The van der Waals surface area contributed by atoms with Crippen molar-refractivity contribution in [3.8, 4) is 0 Å². The standard InChI is InChI=1S/C20H24N6O.C5H9NO.H2/c1-14-5-4-6-16(11-14)15(2)23-24-18-12-17(26-7-9-27-10-8-26)19-20(22-18)25(3)13-21-19;1-6-4-2-3-5(6)7;/h4-6,11-13H,7-10H2,1-3H3,(H,22,24);2-4H2,1H3;1H/b23-15+;;.